The van der Waals surface area contributed by atoms with E-state index in [1.807, 2.05) is 32.9 Å². The van der Waals surface area contributed by atoms with Crippen LogP contribution in [-0.2, 0) is 9.53 Å². The number of rotatable bonds is 6. The van der Waals surface area contributed by atoms with Crippen LogP contribution in [-0.4, -0.2) is 34.2 Å². The topological polar surface area (TPSA) is 90.1 Å². The molecule has 26 heavy (non-hydrogen) atoms. The van der Waals surface area contributed by atoms with E-state index in [0.717, 1.165) is 18.4 Å². The fourth-order valence-corrected chi connectivity index (χ4v) is 3.10. The Kier molecular flexibility index (Phi) is 5.98. The normalized spacial score (nSPS) is 17.8. The average Bonchev–Trinajstić information content (AvgIpc) is 3.17. The van der Waals surface area contributed by atoms with E-state index in [2.05, 4.69) is 20.4 Å². The zero-order valence-corrected chi connectivity index (χ0v) is 15.5. The fourth-order valence-electron chi connectivity index (χ4n) is 3.10. The summed E-state index contributed by atoms with van der Waals surface area (Å²) in [6.45, 7) is 7.27. The SMILES string of the molecule is CC(C)c1noc([C@@H](NC(=O)[C@H](C)c2cccnc2)C2CCOCC2)n1. The lowest BCUT2D eigenvalue weighted by Gasteiger charge is -2.29. The molecule has 0 bridgehead atoms. The Bertz CT molecular complexity index is 711. The van der Waals surface area contributed by atoms with Crippen molar-refractivity contribution in [2.45, 2.75) is 51.5 Å². The zero-order chi connectivity index (χ0) is 18.5. The zero-order valence-electron chi connectivity index (χ0n) is 15.5. The van der Waals surface area contributed by atoms with Gasteiger partial charge in [-0.2, -0.15) is 4.98 Å². The Hall–Kier alpha value is -2.28. The first-order valence-corrected chi connectivity index (χ1v) is 9.17. The van der Waals surface area contributed by atoms with Crippen LogP contribution in [0.2, 0.25) is 0 Å². The molecule has 140 valence electrons. The van der Waals surface area contributed by atoms with E-state index < -0.39 is 0 Å². The van der Waals surface area contributed by atoms with Crippen molar-refractivity contribution >= 4 is 5.91 Å². The summed E-state index contributed by atoms with van der Waals surface area (Å²) in [6.07, 6.45) is 5.12. The number of hydrogen-bond donors (Lipinski definition) is 1. The summed E-state index contributed by atoms with van der Waals surface area (Å²) in [4.78, 5) is 21.5. The highest BCUT2D eigenvalue weighted by molar-refractivity contribution is 5.83. The molecule has 2 aromatic rings. The average molecular weight is 358 g/mol. The van der Waals surface area contributed by atoms with Crippen LogP contribution in [0.15, 0.2) is 29.0 Å². The molecule has 0 radical (unpaired) electrons. The highest BCUT2D eigenvalue weighted by Gasteiger charge is 2.33. The molecule has 3 rings (SSSR count). The Morgan fingerprint density at radius 1 is 1.27 bits per heavy atom. The Morgan fingerprint density at radius 2 is 2.04 bits per heavy atom. The van der Waals surface area contributed by atoms with Gasteiger partial charge in [0.1, 0.15) is 6.04 Å². The number of nitrogens with zero attached hydrogens (tertiary/aromatic N) is 3. The van der Waals surface area contributed by atoms with Gasteiger partial charge in [-0.05, 0) is 37.3 Å². The van der Waals surface area contributed by atoms with Crippen LogP contribution in [0.3, 0.4) is 0 Å². The Labute approximate surface area is 153 Å². The van der Waals surface area contributed by atoms with E-state index in [0.29, 0.717) is 24.9 Å². The molecule has 1 fully saturated rings. The first-order valence-electron chi connectivity index (χ1n) is 9.17. The van der Waals surface area contributed by atoms with Crippen molar-refractivity contribution in [3.8, 4) is 0 Å². The first kappa shape index (κ1) is 18.5. The quantitative estimate of drug-likeness (QED) is 0.854. The summed E-state index contributed by atoms with van der Waals surface area (Å²) in [5.41, 5.74) is 0.879. The smallest absolute Gasteiger partial charge is 0.249 e. The summed E-state index contributed by atoms with van der Waals surface area (Å²) in [6, 6.07) is 3.44. The third-order valence-corrected chi connectivity index (χ3v) is 4.85. The van der Waals surface area contributed by atoms with E-state index in [4.69, 9.17) is 9.26 Å². The van der Waals surface area contributed by atoms with Gasteiger partial charge in [-0.1, -0.05) is 25.1 Å². The lowest BCUT2D eigenvalue weighted by Crippen LogP contribution is -2.38. The molecule has 1 aliphatic heterocycles. The van der Waals surface area contributed by atoms with Gasteiger partial charge in [0.05, 0.1) is 5.92 Å². The van der Waals surface area contributed by atoms with E-state index in [-0.39, 0.29) is 29.7 Å². The number of ether oxygens (including phenoxy) is 1. The van der Waals surface area contributed by atoms with Crippen LogP contribution < -0.4 is 5.32 Å². The highest BCUT2D eigenvalue weighted by atomic mass is 16.5. The van der Waals surface area contributed by atoms with Crippen molar-refractivity contribution in [3.63, 3.8) is 0 Å². The number of aromatic nitrogens is 3. The molecular weight excluding hydrogens is 332 g/mol. The molecule has 0 unspecified atom stereocenters. The van der Waals surface area contributed by atoms with E-state index in [1.165, 1.54) is 0 Å². The van der Waals surface area contributed by atoms with Crippen molar-refractivity contribution in [3.05, 3.63) is 41.8 Å². The minimum atomic E-state index is -0.307. The van der Waals surface area contributed by atoms with Crippen LogP contribution in [0, 0.1) is 5.92 Å². The van der Waals surface area contributed by atoms with Gasteiger partial charge in [-0.15, -0.1) is 0 Å². The molecule has 1 saturated heterocycles. The van der Waals surface area contributed by atoms with Gasteiger partial charge in [-0.3, -0.25) is 9.78 Å². The van der Waals surface area contributed by atoms with Crippen LogP contribution in [0.25, 0.3) is 0 Å². The Morgan fingerprint density at radius 3 is 2.65 bits per heavy atom. The molecule has 0 spiro atoms. The molecule has 7 heteroatoms. The molecule has 1 amide bonds. The second kappa shape index (κ2) is 8.40. The maximum absolute atomic E-state index is 12.9. The molecule has 1 N–H and O–H groups in total. The standard InChI is InChI=1S/C19H26N4O3/c1-12(2)17-22-19(26-23-17)16(14-6-9-25-10-7-14)21-18(24)13(3)15-5-4-8-20-11-15/h4-5,8,11-14,16H,6-7,9-10H2,1-3H3,(H,21,24)/t13-,16+/m1/s1. The number of carbonyl (C=O) groups excluding carboxylic acids is 1. The van der Waals surface area contributed by atoms with Crippen LogP contribution in [0.4, 0.5) is 0 Å². The number of nitrogens with one attached hydrogen (secondary N) is 1. The third kappa shape index (κ3) is 4.27. The third-order valence-electron chi connectivity index (χ3n) is 4.85. The minimum Gasteiger partial charge on any atom is -0.381 e. The van der Waals surface area contributed by atoms with Crippen molar-refractivity contribution < 1.29 is 14.1 Å². The number of amides is 1. The van der Waals surface area contributed by atoms with Gasteiger partial charge >= 0.3 is 0 Å². The number of carbonyl (C=O) groups is 1. The van der Waals surface area contributed by atoms with Crippen LogP contribution in [0.1, 0.15) is 68.8 Å². The summed E-state index contributed by atoms with van der Waals surface area (Å²) in [5, 5.41) is 7.20. The van der Waals surface area contributed by atoms with Crippen molar-refractivity contribution in [2.75, 3.05) is 13.2 Å². The maximum atomic E-state index is 12.9. The van der Waals surface area contributed by atoms with Gasteiger partial charge in [-0.25, -0.2) is 0 Å². The van der Waals surface area contributed by atoms with E-state index in [9.17, 15) is 4.79 Å². The monoisotopic (exact) mass is 358 g/mol. The second-order valence-corrected chi connectivity index (χ2v) is 7.09. The van der Waals surface area contributed by atoms with E-state index >= 15 is 0 Å². The van der Waals surface area contributed by atoms with Crippen molar-refractivity contribution in [2.24, 2.45) is 5.92 Å². The summed E-state index contributed by atoms with van der Waals surface area (Å²) < 4.78 is 11.0. The largest absolute Gasteiger partial charge is 0.381 e. The summed E-state index contributed by atoms with van der Waals surface area (Å²) in [7, 11) is 0. The predicted octanol–water partition coefficient (Wildman–Crippen LogP) is 2.98. The molecule has 0 aliphatic carbocycles. The molecule has 0 aromatic carbocycles. The summed E-state index contributed by atoms with van der Waals surface area (Å²) >= 11 is 0. The maximum Gasteiger partial charge on any atom is 0.249 e. The minimum absolute atomic E-state index is 0.0706. The molecule has 0 saturated carbocycles. The Balaban J connectivity index is 1.79. The highest BCUT2D eigenvalue weighted by Crippen LogP contribution is 2.31. The molecule has 2 aromatic heterocycles. The predicted molar refractivity (Wildman–Crippen MR) is 95.5 cm³/mol. The molecule has 1 aliphatic rings. The van der Waals surface area contributed by atoms with Gasteiger partial charge in [0.25, 0.3) is 0 Å². The number of hydrogen-bond acceptors (Lipinski definition) is 6. The summed E-state index contributed by atoms with van der Waals surface area (Å²) in [5.74, 6) is 1.15. The van der Waals surface area contributed by atoms with Gasteiger partial charge in [0.15, 0.2) is 5.82 Å². The van der Waals surface area contributed by atoms with Crippen molar-refractivity contribution in [1.82, 2.24) is 20.4 Å². The van der Waals surface area contributed by atoms with Gasteiger partial charge in [0.2, 0.25) is 11.8 Å². The van der Waals surface area contributed by atoms with E-state index in [1.54, 1.807) is 12.4 Å². The van der Waals surface area contributed by atoms with Crippen LogP contribution >= 0.6 is 0 Å². The lowest BCUT2D eigenvalue weighted by molar-refractivity contribution is -0.124. The fraction of sp³-hybridized carbons (Fsp3) is 0.579. The molecule has 2 atom stereocenters. The van der Waals surface area contributed by atoms with Gasteiger partial charge < -0.3 is 14.6 Å². The number of pyridine rings is 1. The molecule has 7 nitrogen and oxygen atoms in total. The first-order chi connectivity index (χ1) is 12.6. The van der Waals surface area contributed by atoms with Crippen LogP contribution in [0.5, 0.6) is 0 Å². The lowest BCUT2D eigenvalue weighted by atomic mass is 9.90. The van der Waals surface area contributed by atoms with Crippen molar-refractivity contribution in [1.29, 1.82) is 0 Å². The van der Waals surface area contributed by atoms with Gasteiger partial charge in [0, 0.05) is 31.5 Å². The molecular formula is C19H26N4O3. The molecule has 3 heterocycles. The second-order valence-electron chi connectivity index (χ2n) is 7.09.